The normalized spacial score (nSPS) is 11.1. The van der Waals surface area contributed by atoms with Crippen molar-refractivity contribution in [3.8, 4) is 5.75 Å². The van der Waals surface area contributed by atoms with E-state index < -0.39 is 17.7 Å². The number of amides is 1. The van der Waals surface area contributed by atoms with Gasteiger partial charge >= 0.3 is 12.1 Å². The molecule has 2 rings (SSSR count). The predicted molar refractivity (Wildman–Crippen MR) is 91.7 cm³/mol. The van der Waals surface area contributed by atoms with Crippen LogP contribution in [0.25, 0.3) is 0 Å². The summed E-state index contributed by atoms with van der Waals surface area (Å²) in [5.41, 5.74) is -0.287. The second-order valence-corrected chi connectivity index (χ2v) is 5.82. The monoisotopic (exact) mass is 381 g/mol. The average Bonchev–Trinajstić information content (AvgIpc) is 2.61. The fourth-order valence-electron chi connectivity index (χ4n) is 2.35. The van der Waals surface area contributed by atoms with Crippen molar-refractivity contribution in [2.45, 2.75) is 12.6 Å². The highest BCUT2D eigenvalue weighted by Crippen LogP contribution is 2.30. The lowest BCUT2D eigenvalue weighted by Crippen LogP contribution is -2.32. The van der Waals surface area contributed by atoms with Crippen LogP contribution < -0.4 is 4.74 Å². The molecule has 0 saturated heterocycles. The number of carbonyl (C=O) groups is 2. The number of hydrogen-bond acceptors (Lipinski definition) is 3. The molecule has 1 N–H and O–H groups in total. The molecule has 0 bridgehead atoms. The Labute approximate surface area is 154 Å². The zero-order valence-corrected chi connectivity index (χ0v) is 14.5. The van der Waals surface area contributed by atoms with E-state index in [4.69, 9.17) is 9.84 Å². The molecule has 8 heteroatoms. The summed E-state index contributed by atoms with van der Waals surface area (Å²) in [7, 11) is 1.54. The van der Waals surface area contributed by atoms with E-state index in [1.54, 1.807) is 25.2 Å². The summed E-state index contributed by atoms with van der Waals surface area (Å²) >= 11 is 0. The van der Waals surface area contributed by atoms with Crippen LogP contribution in [0.3, 0.4) is 0 Å². The first kappa shape index (κ1) is 20.3. The van der Waals surface area contributed by atoms with E-state index in [1.165, 1.54) is 23.1 Å². The topological polar surface area (TPSA) is 66.8 Å². The number of hydrogen-bond donors (Lipinski definition) is 1. The minimum absolute atomic E-state index is 0.0697. The van der Waals surface area contributed by atoms with Crippen LogP contribution in [-0.4, -0.2) is 42.1 Å². The number of nitrogens with zero attached hydrogens (tertiary/aromatic N) is 1. The van der Waals surface area contributed by atoms with Crippen molar-refractivity contribution in [1.29, 1.82) is 0 Å². The summed E-state index contributed by atoms with van der Waals surface area (Å²) in [4.78, 5) is 24.8. The van der Waals surface area contributed by atoms with Gasteiger partial charge in [-0.3, -0.25) is 4.79 Å². The summed E-state index contributed by atoms with van der Waals surface area (Å²) in [6.07, 6.45) is -4.48. The molecule has 0 unspecified atom stereocenters. The van der Waals surface area contributed by atoms with Crippen LogP contribution >= 0.6 is 0 Å². The molecule has 27 heavy (non-hydrogen) atoms. The van der Waals surface area contributed by atoms with Gasteiger partial charge in [0.15, 0.2) is 0 Å². The molecule has 5 nitrogen and oxygen atoms in total. The number of carboxylic acids is 1. The second kappa shape index (κ2) is 8.57. The third-order valence-corrected chi connectivity index (χ3v) is 3.89. The molecule has 0 aliphatic rings. The maximum absolute atomic E-state index is 12.5. The highest BCUT2D eigenvalue weighted by Gasteiger charge is 2.30. The van der Waals surface area contributed by atoms with Crippen molar-refractivity contribution in [2.75, 3.05) is 20.2 Å². The number of likely N-dealkylation sites (N-methyl/N-ethyl adjacent to an activating group) is 1. The Morgan fingerprint density at radius 3 is 2.30 bits per heavy atom. The summed E-state index contributed by atoms with van der Waals surface area (Å²) < 4.78 is 42.9. The van der Waals surface area contributed by atoms with Crippen LogP contribution in [0.4, 0.5) is 13.2 Å². The number of aromatic carboxylic acids is 1. The first-order chi connectivity index (χ1) is 12.7. The van der Waals surface area contributed by atoms with Gasteiger partial charge in [0.1, 0.15) is 12.4 Å². The second-order valence-electron chi connectivity index (χ2n) is 5.82. The van der Waals surface area contributed by atoms with Crippen molar-refractivity contribution in [3.05, 3.63) is 65.2 Å². The Morgan fingerprint density at radius 2 is 1.70 bits per heavy atom. The molecule has 0 atom stereocenters. The van der Waals surface area contributed by atoms with E-state index in [0.717, 1.165) is 12.1 Å². The van der Waals surface area contributed by atoms with Crippen LogP contribution in [0.15, 0.2) is 48.5 Å². The molecule has 0 aliphatic heterocycles. The summed E-state index contributed by atoms with van der Waals surface area (Å²) in [5, 5.41) is 9.14. The van der Waals surface area contributed by atoms with E-state index in [9.17, 15) is 22.8 Å². The maximum Gasteiger partial charge on any atom is 0.416 e. The summed E-state index contributed by atoms with van der Waals surface area (Å²) in [6.45, 7) is 0.295. The van der Waals surface area contributed by atoms with Gasteiger partial charge in [-0.2, -0.15) is 13.2 Å². The minimum Gasteiger partial charge on any atom is -0.492 e. The lowest BCUT2D eigenvalue weighted by atomic mass is 10.0. The highest BCUT2D eigenvalue weighted by atomic mass is 19.4. The van der Waals surface area contributed by atoms with Gasteiger partial charge in [0, 0.05) is 7.05 Å². The molecule has 0 saturated carbocycles. The SMILES string of the molecule is CN(CCOc1ccc(C(F)(F)F)cc1)C(=O)Cc1ccccc1C(=O)O. The van der Waals surface area contributed by atoms with Crippen molar-refractivity contribution >= 4 is 11.9 Å². The molecule has 0 fully saturated rings. The fraction of sp³-hybridized carbons (Fsp3) is 0.263. The minimum atomic E-state index is -4.41. The summed E-state index contributed by atoms with van der Waals surface area (Å²) in [6, 6.07) is 10.5. The highest BCUT2D eigenvalue weighted by molar-refractivity contribution is 5.91. The van der Waals surface area contributed by atoms with E-state index in [0.29, 0.717) is 5.56 Å². The Morgan fingerprint density at radius 1 is 1.07 bits per heavy atom. The number of ether oxygens (including phenoxy) is 1. The van der Waals surface area contributed by atoms with Crippen LogP contribution in [0, 0.1) is 0 Å². The molecule has 2 aromatic rings. The lowest BCUT2D eigenvalue weighted by Gasteiger charge is -2.18. The standard InChI is InChI=1S/C19H18F3NO4/c1-23(17(24)12-13-4-2-3-5-16(13)18(25)26)10-11-27-15-8-6-14(7-9-15)19(20,21)22/h2-9H,10-12H2,1H3,(H,25,26). The Hall–Kier alpha value is -3.03. The Bertz CT molecular complexity index is 803. The first-order valence-electron chi connectivity index (χ1n) is 8.03. The number of carboxylic acid groups (broad SMARTS) is 1. The molecule has 144 valence electrons. The van der Waals surface area contributed by atoms with Gasteiger partial charge in [0.05, 0.1) is 24.1 Å². The van der Waals surface area contributed by atoms with Gasteiger partial charge in [-0.1, -0.05) is 18.2 Å². The van der Waals surface area contributed by atoms with Gasteiger partial charge in [0.25, 0.3) is 0 Å². The molecule has 2 aromatic carbocycles. The van der Waals surface area contributed by atoms with Crippen molar-refractivity contribution in [2.24, 2.45) is 0 Å². The van der Waals surface area contributed by atoms with Gasteiger partial charge in [-0.05, 0) is 35.9 Å². The lowest BCUT2D eigenvalue weighted by molar-refractivity contribution is -0.137. The Kier molecular flexibility index (Phi) is 6.44. The molecular formula is C19H18F3NO4. The van der Waals surface area contributed by atoms with Crippen LogP contribution in [-0.2, 0) is 17.4 Å². The van der Waals surface area contributed by atoms with Crippen molar-refractivity contribution < 1.29 is 32.6 Å². The van der Waals surface area contributed by atoms with Gasteiger partial charge in [-0.15, -0.1) is 0 Å². The fourth-order valence-corrected chi connectivity index (χ4v) is 2.35. The zero-order valence-electron chi connectivity index (χ0n) is 14.5. The van der Waals surface area contributed by atoms with Crippen molar-refractivity contribution in [1.82, 2.24) is 4.90 Å². The van der Waals surface area contributed by atoms with E-state index in [-0.39, 0.29) is 36.8 Å². The number of rotatable bonds is 7. The smallest absolute Gasteiger partial charge is 0.416 e. The van der Waals surface area contributed by atoms with Crippen LogP contribution in [0.1, 0.15) is 21.5 Å². The molecular weight excluding hydrogens is 363 g/mol. The molecule has 0 heterocycles. The predicted octanol–water partition coefficient (Wildman–Crippen LogP) is 3.48. The third-order valence-electron chi connectivity index (χ3n) is 3.89. The van der Waals surface area contributed by atoms with E-state index in [2.05, 4.69) is 0 Å². The largest absolute Gasteiger partial charge is 0.492 e. The molecule has 0 aliphatic carbocycles. The van der Waals surface area contributed by atoms with Crippen molar-refractivity contribution in [3.63, 3.8) is 0 Å². The zero-order chi connectivity index (χ0) is 20.0. The van der Waals surface area contributed by atoms with Gasteiger partial charge in [0.2, 0.25) is 5.91 Å². The molecule has 1 amide bonds. The Balaban J connectivity index is 1.86. The van der Waals surface area contributed by atoms with E-state index >= 15 is 0 Å². The molecule has 0 aromatic heterocycles. The maximum atomic E-state index is 12.5. The molecule has 0 radical (unpaired) electrons. The summed E-state index contributed by atoms with van der Waals surface area (Å²) in [5.74, 6) is -1.13. The third kappa shape index (κ3) is 5.73. The van der Waals surface area contributed by atoms with Crippen LogP contribution in [0.2, 0.25) is 0 Å². The number of alkyl halides is 3. The first-order valence-corrected chi connectivity index (χ1v) is 8.03. The number of carbonyl (C=O) groups excluding carboxylic acids is 1. The van der Waals surface area contributed by atoms with Crippen LogP contribution in [0.5, 0.6) is 5.75 Å². The van der Waals surface area contributed by atoms with Gasteiger partial charge in [-0.25, -0.2) is 4.79 Å². The van der Waals surface area contributed by atoms with Gasteiger partial charge < -0.3 is 14.7 Å². The van der Waals surface area contributed by atoms with E-state index in [1.807, 2.05) is 0 Å². The number of benzene rings is 2. The average molecular weight is 381 g/mol. The quantitative estimate of drug-likeness (QED) is 0.797. The molecule has 0 spiro atoms. The number of halogens is 3.